The van der Waals surface area contributed by atoms with Crippen LogP contribution in [0.4, 0.5) is 0 Å². The van der Waals surface area contributed by atoms with Gasteiger partial charge in [-0.25, -0.2) is 0 Å². The number of hydrazone groups is 1. The van der Waals surface area contributed by atoms with E-state index in [1.54, 1.807) is 7.11 Å². The predicted molar refractivity (Wildman–Crippen MR) is 101 cm³/mol. The monoisotopic (exact) mass is 329 g/mol. The number of fused-ring (bicyclic) bond motifs is 1. The molecule has 0 saturated heterocycles. The summed E-state index contributed by atoms with van der Waals surface area (Å²) in [5, 5.41) is 10.3. The molecule has 2 rings (SSSR count). The van der Waals surface area contributed by atoms with Gasteiger partial charge in [0, 0.05) is 6.54 Å². The summed E-state index contributed by atoms with van der Waals surface area (Å²) in [6, 6.07) is 12.3. The molecule has 0 aliphatic carbocycles. The van der Waals surface area contributed by atoms with Gasteiger partial charge in [0.05, 0.1) is 12.8 Å². The maximum atomic E-state index is 5.25. The van der Waals surface area contributed by atoms with Gasteiger partial charge in [0.15, 0.2) is 5.11 Å². The average Bonchev–Trinajstić information content (AvgIpc) is 2.58. The van der Waals surface area contributed by atoms with Crippen LogP contribution < -0.4 is 15.5 Å². The summed E-state index contributed by atoms with van der Waals surface area (Å²) in [5.41, 5.74) is 4.85. The number of unbranched alkanes of at least 4 members (excludes halogenated alkanes) is 1. The normalized spacial score (nSPS) is 11.3. The Labute approximate surface area is 142 Å². The zero-order valence-electron chi connectivity index (χ0n) is 13.8. The van der Waals surface area contributed by atoms with E-state index in [-0.39, 0.29) is 0 Å². The molecular weight excluding hydrogens is 306 g/mol. The molecule has 0 aliphatic heterocycles. The van der Waals surface area contributed by atoms with Crippen LogP contribution in [0.1, 0.15) is 32.3 Å². The number of nitrogens with one attached hydrogen (secondary N) is 2. The first kappa shape index (κ1) is 17.2. The van der Waals surface area contributed by atoms with Crippen molar-refractivity contribution < 1.29 is 4.74 Å². The Morgan fingerprint density at radius 2 is 1.91 bits per heavy atom. The summed E-state index contributed by atoms with van der Waals surface area (Å²) in [6.45, 7) is 4.98. The standard InChI is InChI=1S/C18H23N3OS/c1-4-5-10-19-18(23)21-20-13(2)14-6-7-16-12-17(22-3)9-8-15(16)11-14/h6-9,11-12H,4-5,10H2,1-3H3,(H2,19,21,23)/b20-13-. The van der Waals surface area contributed by atoms with Crippen molar-refractivity contribution in [2.75, 3.05) is 13.7 Å². The molecule has 122 valence electrons. The van der Waals surface area contributed by atoms with E-state index in [9.17, 15) is 0 Å². The van der Waals surface area contributed by atoms with Gasteiger partial charge in [-0.2, -0.15) is 5.10 Å². The fraction of sp³-hybridized carbons (Fsp3) is 0.333. The van der Waals surface area contributed by atoms with Crippen molar-refractivity contribution in [3.8, 4) is 5.75 Å². The zero-order chi connectivity index (χ0) is 16.7. The van der Waals surface area contributed by atoms with E-state index in [2.05, 4.69) is 47.0 Å². The number of hydrogen-bond acceptors (Lipinski definition) is 3. The third-order valence-electron chi connectivity index (χ3n) is 3.61. The topological polar surface area (TPSA) is 45.7 Å². The van der Waals surface area contributed by atoms with Crippen molar-refractivity contribution in [2.24, 2.45) is 5.10 Å². The third-order valence-corrected chi connectivity index (χ3v) is 3.84. The minimum Gasteiger partial charge on any atom is -0.497 e. The van der Waals surface area contributed by atoms with E-state index in [4.69, 9.17) is 17.0 Å². The lowest BCUT2D eigenvalue weighted by Gasteiger charge is -2.08. The molecule has 2 N–H and O–H groups in total. The lowest BCUT2D eigenvalue weighted by Crippen LogP contribution is -2.33. The summed E-state index contributed by atoms with van der Waals surface area (Å²) in [7, 11) is 1.68. The molecule has 0 spiro atoms. The maximum absolute atomic E-state index is 5.25. The lowest BCUT2D eigenvalue weighted by molar-refractivity contribution is 0.415. The quantitative estimate of drug-likeness (QED) is 0.366. The van der Waals surface area contributed by atoms with Crippen molar-refractivity contribution in [2.45, 2.75) is 26.7 Å². The number of methoxy groups -OCH3 is 1. The number of nitrogens with zero attached hydrogens (tertiary/aromatic N) is 1. The highest BCUT2D eigenvalue weighted by Crippen LogP contribution is 2.22. The van der Waals surface area contributed by atoms with E-state index in [0.717, 1.165) is 47.2 Å². The Bertz CT molecular complexity index is 712. The van der Waals surface area contributed by atoms with Crippen LogP contribution in [0.3, 0.4) is 0 Å². The van der Waals surface area contributed by atoms with Crippen LogP contribution >= 0.6 is 12.2 Å². The highest BCUT2D eigenvalue weighted by Gasteiger charge is 2.02. The van der Waals surface area contributed by atoms with E-state index in [1.807, 2.05) is 19.1 Å². The first-order chi connectivity index (χ1) is 11.1. The summed E-state index contributed by atoms with van der Waals surface area (Å²) in [4.78, 5) is 0. The van der Waals surface area contributed by atoms with E-state index < -0.39 is 0 Å². The van der Waals surface area contributed by atoms with Crippen molar-refractivity contribution in [1.82, 2.24) is 10.7 Å². The van der Waals surface area contributed by atoms with Crippen molar-refractivity contribution in [3.05, 3.63) is 42.0 Å². The molecule has 0 unspecified atom stereocenters. The molecule has 23 heavy (non-hydrogen) atoms. The summed E-state index contributed by atoms with van der Waals surface area (Å²) in [6.07, 6.45) is 2.23. The molecule has 4 nitrogen and oxygen atoms in total. The maximum Gasteiger partial charge on any atom is 0.186 e. The molecule has 2 aromatic carbocycles. The number of hydrogen-bond donors (Lipinski definition) is 2. The second-order valence-electron chi connectivity index (χ2n) is 5.35. The molecule has 0 aliphatic rings. The van der Waals surface area contributed by atoms with Crippen LogP contribution in [0.2, 0.25) is 0 Å². The highest BCUT2D eigenvalue weighted by molar-refractivity contribution is 7.80. The van der Waals surface area contributed by atoms with Crippen LogP contribution in [0, 0.1) is 0 Å². The third kappa shape index (κ3) is 4.93. The van der Waals surface area contributed by atoms with Crippen LogP contribution in [-0.4, -0.2) is 24.5 Å². The molecular formula is C18H23N3OS. The predicted octanol–water partition coefficient (Wildman–Crippen LogP) is 3.84. The second kappa shape index (κ2) is 8.48. The molecule has 0 radical (unpaired) electrons. The smallest absolute Gasteiger partial charge is 0.186 e. The highest BCUT2D eigenvalue weighted by atomic mass is 32.1. The molecule has 0 saturated carbocycles. The molecule has 0 amide bonds. The molecule has 2 aromatic rings. The fourth-order valence-electron chi connectivity index (χ4n) is 2.19. The fourth-order valence-corrected chi connectivity index (χ4v) is 2.34. The van der Waals surface area contributed by atoms with Gasteiger partial charge in [-0.3, -0.25) is 5.43 Å². The first-order valence-electron chi connectivity index (χ1n) is 7.80. The number of rotatable bonds is 6. The van der Waals surface area contributed by atoms with Crippen molar-refractivity contribution in [3.63, 3.8) is 0 Å². The minimum absolute atomic E-state index is 0.559. The van der Waals surface area contributed by atoms with Gasteiger partial charge in [0.2, 0.25) is 0 Å². The molecule has 5 heteroatoms. The molecule has 0 aromatic heterocycles. The first-order valence-corrected chi connectivity index (χ1v) is 8.21. The Morgan fingerprint density at radius 1 is 1.17 bits per heavy atom. The Hall–Kier alpha value is -2.14. The molecule has 0 bridgehead atoms. The van der Waals surface area contributed by atoms with Gasteiger partial charge in [-0.1, -0.05) is 31.5 Å². The van der Waals surface area contributed by atoms with Gasteiger partial charge in [0.1, 0.15) is 5.75 Å². The average molecular weight is 329 g/mol. The van der Waals surface area contributed by atoms with Gasteiger partial charge in [0.25, 0.3) is 0 Å². The number of thiocarbonyl (C=S) groups is 1. The van der Waals surface area contributed by atoms with Crippen LogP contribution in [0.25, 0.3) is 10.8 Å². The Kier molecular flexibility index (Phi) is 6.35. The van der Waals surface area contributed by atoms with E-state index in [1.165, 1.54) is 0 Å². The summed E-state index contributed by atoms with van der Waals surface area (Å²) < 4.78 is 5.25. The number of ether oxygens (including phenoxy) is 1. The van der Waals surface area contributed by atoms with Crippen molar-refractivity contribution in [1.29, 1.82) is 0 Å². The van der Waals surface area contributed by atoms with Crippen LogP contribution in [0.15, 0.2) is 41.5 Å². The van der Waals surface area contributed by atoms with Crippen LogP contribution in [0.5, 0.6) is 5.75 Å². The Balaban J connectivity index is 2.06. The molecule has 0 heterocycles. The van der Waals surface area contributed by atoms with Crippen LogP contribution in [-0.2, 0) is 0 Å². The Morgan fingerprint density at radius 3 is 2.65 bits per heavy atom. The van der Waals surface area contributed by atoms with E-state index in [0.29, 0.717) is 5.11 Å². The van der Waals surface area contributed by atoms with Gasteiger partial charge < -0.3 is 10.1 Å². The van der Waals surface area contributed by atoms with E-state index >= 15 is 0 Å². The van der Waals surface area contributed by atoms with Crippen molar-refractivity contribution >= 4 is 33.8 Å². The largest absolute Gasteiger partial charge is 0.497 e. The minimum atomic E-state index is 0.559. The summed E-state index contributed by atoms with van der Waals surface area (Å²) in [5.74, 6) is 0.862. The SMILES string of the molecule is CCCCNC(=S)N/N=C(/C)c1ccc2cc(OC)ccc2c1. The molecule has 0 fully saturated rings. The number of benzene rings is 2. The van der Waals surface area contributed by atoms with Gasteiger partial charge in [-0.05, 0) is 60.1 Å². The zero-order valence-corrected chi connectivity index (χ0v) is 14.7. The molecule has 0 atom stereocenters. The van der Waals surface area contributed by atoms with Gasteiger partial charge in [-0.15, -0.1) is 0 Å². The summed E-state index contributed by atoms with van der Waals surface area (Å²) >= 11 is 5.20. The second-order valence-corrected chi connectivity index (χ2v) is 5.75. The lowest BCUT2D eigenvalue weighted by atomic mass is 10.0. The van der Waals surface area contributed by atoms with Gasteiger partial charge >= 0.3 is 0 Å².